The van der Waals surface area contributed by atoms with Crippen molar-refractivity contribution in [1.82, 2.24) is 15.1 Å². The van der Waals surface area contributed by atoms with Crippen LogP contribution < -0.4 is 5.32 Å². The number of nitrogens with one attached hydrogen (secondary N) is 1. The molecule has 0 radical (unpaired) electrons. The molecule has 1 saturated carbocycles. The Bertz CT molecular complexity index is 321. The Morgan fingerprint density at radius 2 is 1.77 bits per heavy atom. The topological polar surface area (TPSA) is 18.5 Å². The SMILES string of the molecule is CCN1CCN(C[C@H](C)CN[C@@H]2CCC(C)(C)C[C@@H]2C)CC1. The van der Waals surface area contributed by atoms with Gasteiger partial charge in [0.25, 0.3) is 0 Å². The maximum absolute atomic E-state index is 3.88. The molecule has 0 bridgehead atoms. The van der Waals surface area contributed by atoms with E-state index in [1.54, 1.807) is 0 Å². The molecule has 2 aliphatic rings. The predicted octanol–water partition coefficient (Wildman–Crippen LogP) is 3.06. The molecule has 130 valence electrons. The van der Waals surface area contributed by atoms with Crippen LogP contribution in [-0.4, -0.2) is 61.7 Å². The summed E-state index contributed by atoms with van der Waals surface area (Å²) in [6.45, 7) is 20.7. The summed E-state index contributed by atoms with van der Waals surface area (Å²) in [4.78, 5) is 5.22. The van der Waals surface area contributed by atoms with Crippen LogP contribution in [0.25, 0.3) is 0 Å². The van der Waals surface area contributed by atoms with Crippen molar-refractivity contribution in [3.8, 4) is 0 Å². The standard InChI is InChI=1S/C19H39N3/c1-6-21-9-11-22(12-10-21)15-16(2)14-20-18-7-8-19(4,5)13-17(18)3/h16-18,20H,6-15H2,1-5H3/t16-,17+,18-/m1/s1. The Balaban J connectivity index is 1.65. The van der Waals surface area contributed by atoms with Gasteiger partial charge in [0.15, 0.2) is 0 Å². The third-order valence-electron chi connectivity index (χ3n) is 5.90. The van der Waals surface area contributed by atoms with Crippen LogP contribution in [0.1, 0.15) is 53.9 Å². The van der Waals surface area contributed by atoms with E-state index in [1.807, 2.05) is 0 Å². The molecule has 0 unspecified atom stereocenters. The lowest BCUT2D eigenvalue weighted by molar-refractivity contribution is 0.117. The molecule has 3 atom stereocenters. The second kappa shape index (κ2) is 8.12. The summed E-state index contributed by atoms with van der Waals surface area (Å²) in [7, 11) is 0. The Labute approximate surface area is 138 Å². The molecule has 3 heteroatoms. The largest absolute Gasteiger partial charge is 0.313 e. The van der Waals surface area contributed by atoms with E-state index < -0.39 is 0 Å². The van der Waals surface area contributed by atoms with Crippen molar-refractivity contribution in [2.75, 3.05) is 45.8 Å². The van der Waals surface area contributed by atoms with E-state index in [-0.39, 0.29) is 0 Å². The Kier molecular flexibility index (Phi) is 6.73. The van der Waals surface area contributed by atoms with Gasteiger partial charge in [0.05, 0.1) is 0 Å². The van der Waals surface area contributed by atoms with Crippen LogP contribution in [0.5, 0.6) is 0 Å². The van der Waals surface area contributed by atoms with Gasteiger partial charge in [-0.1, -0.05) is 34.6 Å². The Hall–Kier alpha value is -0.120. The van der Waals surface area contributed by atoms with Crippen molar-refractivity contribution in [3.63, 3.8) is 0 Å². The second-order valence-corrected chi connectivity index (χ2v) is 8.74. The molecule has 1 aliphatic heterocycles. The molecule has 0 aromatic heterocycles. The predicted molar refractivity (Wildman–Crippen MR) is 96.3 cm³/mol. The third kappa shape index (κ3) is 5.50. The van der Waals surface area contributed by atoms with Crippen LogP contribution in [0.3, 0.4) is 0 Å². The average molecular weight is 310 g/mol. The van der Waals surface area contributed by atoms with Crippen molar-refractivity contribution in [2.45, 2.75) is 59.9 Å². The first kappa shape index (κ1) is 18.2. The lowest BCUT2D eigenvalue weighted by Crippen LogP contribution is -2.49. The molecule has 0 spiro atoms. The highest BCUT2D eigenvalue weighted by Crippen LogP contribution is 2.38. The van der Waals surface area contributed by atoms with Gasteiger partial charge in [-0.15, -0.1) is 0 Å². The van der Waals surface area contributed by atoms with Crippen LogP contribution in [0.2, 0.25) is 0 Å². The van der Waals surface area contributed by atoms with E-state index in [4.69, 9.17) is 0 Å². The molecule has 0 aromatic carbocycles. The van der Waals surface area contributed by atoms with Gasteiger partial charge in [-0.05, 0) is 49.6 Å². The highest BCUT2D eigenvalue weighted by Gasteiger charge is 2.32. The number of piperazine rings is 1. The van der Waals surface area contributed by atoms with Crippen LogP contribution in [0, 0.1) is 17.3 Å². The van der Waals surface area contributed by atoms with Crippen molar-refractivity contribution < 1.29 is 0 Å². The summed E-state index contributed by atoms with van der Waals surface area (Å²) in [6, 6.07) is 0.743. The fourth-order valence-electron chi connectivity index (χ4n) is 4.40. The van der Waals surface area contributed by atoms with E-state index in [0.717, 1.165) is 17.9 Å². The van der Waals surface area contributed by atoms with Crippen LogP contribution in [0.15, 0.2) is 0 Å². The Morgan fingerprint density at radius 3 is 2.36 bits per heavy atom. The molecule has 0 aromatic rings. The molecule has 22 heavy (non-hydrogen) atoms. The molecule has 1 saturated heterocycles. The minimum Gasteiger partial charge on any atom is -0.313 e. The fraction of sp³-hybridized carbons (Fsp3) is 1.00. The Morgan fingerprint density at radius 1 is 1.14 bits per heavy atom. The van der Waals surface area contributed by atoms with Gasteiger partial charge < -0.3 is 15.1 Å². The highest BCUT2D eigenvalue weighted by molar-refractivity contribution is 4.87. The van der Waals surface area contributed by atoms with Gasteiger partial charge in [0.1, 0.15) is 0 Å². The maximum atomic E-state index is 3.88. The molecule has 1 N–H and O–H groups in total. The normalized spacial score (nSPS) is 32.0. The number of nitrogens with zero attached hydrogens (tertiary/aromatic N) is 2. The van der Waals surface area contributed by atoms with Crippen molar-refractivity contribution in [3.05, 3.63) is 0 Å². The summed E-state index contributed by atoms with van der Waals surface area (Å²) < 4.78 is 0. The highest BCUT2D eigenvalue weighted by atomic mass is 15.3. The van der Waals surface area contributed by atoms with Gasteiger partial charge in [-0.3, -0.25) is 0 Å². The average Bonchev–Trinajstić information content (AvgIpc) is 2.46. The lowest BCUT2D eigenvalue weighted by atomic mass is 9.70. The maximum Gasteiger partial charge on any atom is 0.0110 e. The van der Waals surface area contributed by atoms with E-state index in [0.29, 0.717) is 5.41 Å². The zero-order chi connectivity index (χ0) is 16.2. The fourth-order valence-corrected chi connectivity index (χ4v) is 4.40. The first-order valence-corrected chi connectivity index (χ1v) is 9.57. The summed E-state index contributed by atoms with van der Waals surface area (Å²) in [5, 5.41) is 3.88. The van der Waals surface area contributed by atoms with E-state index in [1.165, 1.54) is 65.1 Å². The van der Waals surface area contributed by atoms with Gasteiger partial charge in [-0.25, -0.2) is 0 Å². The molecule has 1 aliphatic carbocycles. The van der Waals surface area contributed by atoms with Crippen molar-refractivity contribution in [2.24, 2.45) is 17.3 Å². The molecular formula is C19H39N3. The van der Waals surface area contributed by atoms with E-state index in [2.05, 4.69) is 49.7 Å². The second-order valence-electron chi connectivity index (χ2n) is 8.74. The van der Waals surface area contributed by atoms with Gasteiger partial charge in [0, 0.05) is 38.8 Å². The van der Waals surface area contributed by atoms with Crippen molar-refractivity contribution >= 4 is 0 Å². The number of hydrogen-bond acceptors (Lipinski definition) is 3. The molecular weight excluding hydrogens is 270 g/mol. The first-order chi connectivity index (χ1) is 10.4. The number of rotatable bonds is 6. The summed E-state index contributed by atoms with van der Waals surface area (Å²) >= 11 is 0. The minimum atomic E-state index is 0.558. The third-order valence-corrected chi connectivity index (χ3v) is 5.90. The van der Waals surface area contributed by atoms with E-state index >= 15 is 0 Å². The summed E-state index contributed by atoms with van der Waals surface area (Å²) in [5.74, 6) is 1.58. The monoisotopic (exact) mass is 309 g/mol. The summed E-state index contributed by atoms with van der Waals surface area (Å²) in [6.07, 6.45) is 4.11. The summed E-state index contributed by atoms with van der Waals surface area (Å²) in [5.41, 5.74) is 0.558. The van der Waals surface area contributed by atoms with E-state index in [9.17, 15) is 0 Å². The molecule has 3 nitrogen and oxygen atoms in total. The number of likely N-dealkylation sites (N-methyl/N-ethyl adjacent to an activating group) is 1. The first-order valence-electron chi connectivity index (χ1n) is 9.57. The van der Waals surface area contributed by atoms with Crippen LogP contribution in [-0.2, 0) is 0 Å². The molecule has 0 amide bonds. The van der Waals surface area contributed by atoms with Gasteiger partial charge in [0.2, 0.25) is 0 Å². The number of hydrogen-bond donors (Lipinski definition) is 1. The molecule has 2 rings (SSSR count). The molecule has 2 fully saturated rings. The lowest BCUT2D eigenvalue weighted by Gasteiger charge is -2.40. The quantitative estimate of drug-likeness (QED) is 0.813. The zero-order valence-corrected chi connectivity index (χ0v) is 15.7. The minimum absolute atomic E-state index is 0.558. The molecule has 1 heterocycles. The van der Waals surface area contributed by atoms with Crippen LogP contribution >= 0.6 is 0 Å². The van der Waals surface area contributed by atoms with Gasteiger partial charge in [-0.2, -0.15) is 0 Å². The van der Waals surface area contributed by atoms with Crippen LogP contribution in [0.4, 0.5) is 0 Å². The van der Waals surface area contributed by atoms with Gasteiger partial charge >= 0.3 is 0 Å². The zero-order valence-electron chi connectivity index (χ0n) is 15.7. The van der Waals surface area contributed by atoms with Crippen molar-refractivity contribution in [1.29, 1.82) is 0 Å². The smallest absolute Gasteiger partial charge is 0.0110 e.